The van der Waals surface area contributed by atoms with Crippen molar-refractivity contribution in [1.82, 2.24) is 4.90 Å². The molecule has 0 radical (unpaired) electrons. The molecule has 1 fully saturated rings. The minimum absolute atomic E-state index is 0.188. The number of nitrogens with zero attached hydrogens (tertiary/aromatic N) is 1. The molecule has 0 saturated carbocycles. The highest BCUT2D eigenvalue weighted by Gasteiger charge is 2.37. The summed E-state index contributed by atoms with van der Waals surface area (Å²) in [7, 11) is 0. The lowest BCUT2D eigenvalue weighted by molar-refractivity contribution is -0.146. The van der Waals surface area contributed by atoms with Gasteiger partial charge in [-0.25, -0.2) is 0 Å². The summed E-state index contributed by atoms with van der Waals surface area (Å²) in [6, 6.07) is 0.655. The largest absolute Gasteiger partial charge is 0.481 e. The average Bonchev–Trinajstić information content (AvgIpc) is 2.24. The van der Waals surface area contributed by atoms with E-state index >= 15 is 0 Å². The fraction of sp³-hybridized carbons (Fsp3) is 0.929. The van der Waals surface area contributed by atoms with Crippen LogP contribution < -0.4 is 0 Å². The molecule has 0 amide bonds. The minimum atomic E-state index is -0.648. The molecule has 100 valence electrons. The van der Waals surface area contributed by atoms with E-state index in [1.807, 2.05) is 6.92 Å². The molecule has 0 aliphatic carbocycles. The first-order valence-corrected chi connectivity index (χ1v) is 6.96. The summed E-state index contributed by atoms with van der Waals surface area (Å²) in [5.41, 5.74) is 0. The highest BCUT2D eigenvalue weighted by atomic mass is 16.4. The molecule has 0 aromatic carbocycles. The quantitative estimate of drug-likeness (QED) is 0.745. The molecule has 3 heteroatoms. The summed E-state index contributed by atoms with van der Waals surface area (Å²) in [4.78, 5) is 13.4. The average molecular weight is 241 g/mol. The van der Waals surface area contributed by atoms with Crippen LogP contribution in [0.25, 0.3) is 0 Å². The number of rotatable bonds is 7. The van der Waals surface area contributed by atoms with Gasteiger partial charge in [0.25, 0.3) is 0 Å². The van der Waals surface area contributed by atoms with Crippen molar-refractivity contribution in [3.63, 3.8) is 0 Å². The molecule has 1 N–H and O–H groups in total. The van der Waals surface area contributed by atoms with Gasteiger partial charge in [-0.15, -0.1) is 0 Å². The summed E-state index contributed by atoms with van der Waals surface area (Å²) in [6.45, 7) is 10.6. The lowest BCUT2D eigenvalue weighted by Crippen LogP contribution is -2.55. The van der Waals surface area contributed by atoms with E-state index in [2.05, 4.69) is 25.7 Å². The third-order valence-corrected chi connectivity index (χ3v) is 4.39. The zero-order valence-corrected chi connectivity index (χ0v) is 11.6. The second-order valence-corrected chi connectivity index (χ2v) is 5.65. The molecular weight excluding hydrogens is 214 g/mol. The Kier molecular flexibility index (Phi) is 5.44. The molecule has 0 aromatic rings. The van der Waals surface area contributed by atoms with Gasteiger partial charge in [0.05, 0.1) is 5.92 Å². The third-order valence-electron chi connectivity index (χ3n) is 4.39. The van der Waals surface area contributed by atoms with Crippen molar-refractivity contribution in [2.24, 2.45) is 17.8 Å². The maximum Gasteiger partial charge on any atom is 0.306 e. The zero-order valence-electron chi connectivity index (χ0n) is 11.6. The Labute approximate surface area is 105 Å². The number of aliphatic carboxylic acids is 1. The summed E-state index contributed by atoms with van der Waals surface area (Å²) < 4.78 is 0. The first-order valence-electron chi connectivity index (χ1n) is 6.96. The first-order chi connectivity index (χ1) is 7.99. The predicted octanol–water partition coefficient (Wildman–Crippen LogP) is 2.85. The van der Waals surface area contributed by atoms with Crippen molar-refractivity contribution in [1.29, 1.82) is 0 Å². The highest BCUT2D eigenvalue weighted by molar-refractivity contribution is 5.70. The lowest BCUT2D eigenvalue weighted by atomic mass is 9.84. The van der Waals surface area contributed by atoms with Crippen molar-refractivity contribution in [3.8, 4) is 0 Å². The van der Waals surface area contributed by atoms with E-state index in [1.54, 1.807) is 0 Å². The van der Waals surface area contributed by atoms with E-state index in [4.69, 9.17) is 5.11 Å². The van der Waals surface area contributed by atoms with Gasteiger partial charge in [-0.2, -0.15) is 0 Å². The van der Waals surface area contributed by atoms with Crippen LogP contribution in [0.15, 0.2) is 0 Å². The van der Waals surface area contributed by atoms with Crippen LogP contribution in [0.5, 0.6) is 0 Å². The van der Waals surface area contributed by atoms with Crippen LogP contribution in [0.3, 0.4) is 0 Å². The van der Waals surface area contributed by atoms with E-state index in [0.717, 1.165) is 19.0 Å². The van der Waals surface area contributed by atoms with Gasteiger partial charge in [0, 0.05) is 19.1 Å². The van der Waals surface area contributed by atoms with Crippen molar-refractivity contribution in [3.05, 3.63) is 0 Å². The topological polar surface area (TPSA) is 40.5 Å². The van der Waals surface area contributed by atoms with Gasteiger partial charge in [-0.3, -0.25) is 9.69 Å². The van der Waals surface area contributed by atoms with Crippen LogP contribution in [0, 0.1) is 17.8 Å². The molecule has 1 rings (SSSR count). The molecular formula is C14H27NO2. The number of carboxylic acid groups (broad SMARTS) is 1. The Bertz CT molecular complexity index is 249. The SMILES string of the molecule is CCC(C)CC(CC)N1CC(C(C)C(=O)O)C1. The molecule has 3 unspecified atom stereocenters. The Morgan fingerprint density at radius 1 is 1.29 bits per heavy atom. The van der Waals surface area contributed by atoms with Gasteiger partial charge >= 0.3 is 5.97 Å². The summed E-state index contributed by atoms with van der Waals surface area (Å²) in [5, 5.41) is 8.96. The Morgan fingerprint density at radius 3 is 2.29 bits per heavy atom. The maximum absolute atomic E-state index is 10.9. The number of likely N-dealkylation sites (tertiary alicyclic amines) is 1. The van der Waals surface area contributed by atoms with Gasteiger partial charge in [0.1, 0.15) is 0 Å². The number of hydrogen-bond acceptors (Lipinski definition) is 2. The van der Waals surface area contributed by atoms with Crippen LogP contribution >= 0.6 is 0 Å². The normalized spacial score (nSPS) is 22.8. The Balaban J connectivity index is 2.36. The minimum Gasteiger partial charge on any atom is -0.481 e. The van der Waals surface area contributed by atoms with E-state index in [0.29, 0.717) is 12.0 Å². The van der Waals surface area contributed by atoms with Crippen molar-refractivity contribution in [2.75, 3.05) is 13.1 Å². The van der Waals surface area contributed by atoms with Crippen LogP contribution in [-0.2, 0) is 4.79 Å². The van der Waals surface area contributed by atoms with Gasteiger partial charge in [-0.05, 0) is 24.7 Å². The molecule has 0 spiro atoms. The van der Waals surface area contributed by atoms with Crippen LogP contribution in [0.1, 0.15) is 47.0 Å². The molecule has 1 saturated heterocycles. The second-order valence-electron chi connectivity index (χ2n) is 5.65. The Morgan fingerprint density at radius 2 is 1.88 bits per heavy atom. The van der Waals surface area contributed by atoms with Gasteiger partial charge < -0.3 is 5.11 Å². The van der Waals surface area contributed by atoms with Gasteiger partial charge in [-0.1, -0.05) is 34.1 Å². The summed E-state index contributed by atoms with van der Waals surface area (Å²) in [6.07, 6.45) is 3.67. The maximum atomic E-state index is 10.9. The van der Waals surface area contributed by atoms with E-state index in [9.17, 15) is 4.79 Å². The summed E-state index contributed by atoms with van der Waals surface area (Å²) >= 11 is 0. The highest BCUT2D eigenvalue weighted by Crippen LogP contribution is 2.29. The molecule has 3 atom stereocenters. The van der Waals surface area contributed by atoms with Crippen molar-refractivity contribution in [2.45, 2.75) is 53.0 Å². The van der Waals surface area contributed by atoms with Gasteiger partial charge in [0.2, 0.25) is 0 Å². The second kappa shape index (κ2) is 6.39. The standard InChI is InChI=1S/C14H27NO2/c1-5-10(3)7-13(6-2)15-8-12(9-15)11(4)14(16)17/h10-13H,5-9H2,1-4H3,(H,16,17). The first kappa shape index (κ1) is 14.5. The van der Waals surface area contributed by atoms with Gasteiger partial charge in [0.15, 0.2) is 0 Å². The smallest absolute Gasteiger partial charge is 0.306 e. The van der Waals surface area contributed by atoms with Crippen LogP contribution in [0.4, 0.5) is 0 Å². The lowest BCUT2D eigenvalue weighted by Gasteiger charge is -2.46. The predicted molar refractivity (Wildman–Crippen MR) is 70.0 cm³/mol. The molecule has 3 nitrogen and oxygen atoms in total. The molecule has 17 heavy (non-hydrogen) atoms. The monoisotopic (exact) mass is 241 g/mol. The van der Waals surface area contributed by atoms with Crippen molar-refractivity contribution >= 4 is 5.97 Å². The zero-order chi connectivity index (χ0) is 13.0. The summed E-state index contributed by atoms with van der Waals surface area (Å²) in [5.74, 6) is 0.298. The molecule has 0 bridgehead atoms. The molecule has 1 aliphatic rings. The molecule has 1 aliphatic heterocycles. The van der Waals surface area contributed by atoms with Crippen LogP contribution in [-0.4, -0.2) is 35.1 Å². The van der Waals surface area contributed by atoms with E-state index in [1.165, 1.54) is 19.3 Å². The third kappa shape index (κ3) is 3.70. The fourth-order valence-electron chi connectivity index (χ4n) is 2.57. The molecule has 0 aromatic heterocycles. The fourth-order valence-corrected chi connectivity index (χ4v) is 2.57. The molecule has 1 heterocycles. The van der Waals surface area contributed by atoms with E-state index in [-0.39, 0.29) is 5.92 Å². The van der Waals surface area contributed by atoms with Crippen LogP contribution in [0.2, 0.25) is 0 Å². The van der Waals surface area contributed by atoms with Crippen molar-refractivity contribution < 1.29 is 9.90 Å². The number of hydrogen-bond donors (Lipinski definition) is 1. The Hall–Kier alpha value is -0.570. The number of carbonyl (C=O) groups is 1. The number of carboxylic acids is 1. The van der Waals surface area contributed by atoms with E-state index < -0.39 is 5.97 Å².